The van der Waals surface area contributed by atoms with Crippen molar-refractivity contribution in [3.63, 3.8) is 0 Å². The summed E-state index contributed by atoms with van der Waals surface area (Å²) >= 11 is 0. The number of carbonyl (C=O) groups excluding carboxylic acids is 1. The molecule has 0 saturated heterocycles. The number of rotatable bonds is 3. The first-order chi connectivity index (χ1) is 7.15. The van der Waals surface area contributed by atoms with Gasteiger partial charge in [-0.25, -0.2) is 0 Å². The summed E-state index contributed by atoms with van der Waals surface area (Å²) in [5.41, 5.74) is -0.122. The van der Waals surface area contributed by atoms with Crippen LogP contribution in [-0.4, -0.2) is 5.91 Å². The number of nitroso groups, excluding NO2 is 1. The number of para-hydroxylation sites is 1. The van der Waals surface area contributed by atoms with Gasteiger partial charge in [0.05, 0.1) is 0 Å². The Hall–Kier alpha value is -2.17. The van der Waals surface area contributed by atoms with E-state index in [0.717, 1.165) is 6.92 Å². The largest absolute Gasteiger partial charge is 0.874 e. The molecule has 0 heterocycles. The number of benzene rings is 1. The molecular formula is C10H9N2O3-. The van der Waals surface area contributed by atoms with E-state index in [1.165, 1.54) is 0 Å². The summed E-state index contributed by atoms with van der Waals surface area (Å²) < 4.78 is 0. The van der Waals surface area contributed by atoms with Crippen LogP contribution in [0, 0.1) is 4.91 Å². The van der Waals surface area contributed by atoms with E-state index in [2.05, 4.69) is 10.5 Å². The molecule has 0 radical (unpaired) electrons. The molecule has 0 aliphatic rings. The lowest BCUT2D eigenvalue weighted by Gasteiger charge is -2.08. The molecule has 0 aromatic heterocycles. The van der Waals surface area contributed by atoms with Gasteiger partial charge in [0.25, 0.3) is 5.91 Å². The Morgan fingerprint density at radius 2 is 1.93 bits per heavy atom. The highest BCUT2D eigenvalue weighted by Crippen LogP contribution is 2.08. The molecule has 0 aliphatic heterocycles. The minimum absolute atomic E-state index is 0.505. The van der Waals surface area contributed by atoms with Crippen LogP contribution in [0.15, 0.2) is 47.0 Å². The number of allylic oxidation sites excluding steroid dienone is 1. The van der Waals surface area contributed by atoms with Crippen LogP contribution in [0.5, 0.6) is 0 Å². The predicted octanol–water partition coefficient (Wildman–Crippen LogP) is 0.983. The van der Waals surface area contributed by atoms with Crippen LogP contribution in [0.1, 0.15) is 6.92 Å². The number of hydrogen-bond donors (Lipinski definition) is 1. The van der Waals surface area contributed by atoms with Gasteiger partial charge in [0.15, 0.2) is 5.70 Å². The zero-order valence-corrected chi connectivity index (χ0v) is 8.06. The Kier molecular flexibility index (Phi) is 3.56. The summed E-state index contributed by atoms with van der Waals surface area (Å²) in [5.74, 6) is -1.44. The molecule has 0 bridgehead atoms. The first-order valence-electron chi connectivity index (χ1n) is 4.23. The van der Waals surface area contributed by atoms with Crippen LogP contribution in [0.25, 0.3) is 0 Å². The second-order valence-electron chi connectivity index (χ2n) is 2.82. The maximum absolute atomic E-state index is 11.3. The molecule has 5 heteroatoms. The Morgan fingerprint density at radius 1 is 1.33 bits per heavy atom. The van der Waals surface area contributed by atoms with Crippen molar-refractivity contribution in [3.8, 4) is 0 Å². The molecule has 0 spiro atoms. The molecule has 1 aromatic rings. The molecule has 0 aliphatic carbocycles. The van der Waals surface area contributed by atoms with E-state index in [-0.39, 0.29) is 0 Å². The van der Waals surface area contributed by atoms with Crippen molar-refractivity contribution in [2.45, 2.75) is 6.92 Å². The zero-order valence-electron chi connectivity index (χ0n) is 8.06. The van der Waals surface area contributed by atoms with Crippen molar-refractivity contribution >= 4 is 11.6 Å². The van der Waals surface area contributed by atoms with Gasteiger partial charge in [-0.2, -0.15) is 0 Å². The highest BCUT2D eigenvalue weighted by atomic mass is 16.3. The van der Waals surface area contributed by atoms with Crippen LogP contribution in [0.3, 0.4) is 0 Å². The molecule has 0 atom stereocenters. The third-order valence-electron chi connectivity index (χ3n) is 1.67. The van der Waals surface area contributed by atoms with Gasteiger partial charge in [0.2, 0.25) is 0 Å². The molecule has 78 valence electrons. The number of nitrogens with one attached hydrogen (secondary N) is 1. The zero-order chi connectivity index (χ0) is 11.3. The minimum atomic E-state index is -0.788. The molecule has 0 fully saturated rings. The highest BCUT2D eigenvalue weighted by Gasteiger charge is 2.09. The standard InChI is InChI=1S/C10H10N2O3/c1-7(13)9(12-15)10(14)11-8-5-3-2-4-6-8/h2-6,13H,1H3,(H,11,14)/p-1/b9-7+. The Labute approximate surface area is 86.4 Å². The summed E-state index contributed by atoms with van der Waals surface area (Å²) in [6.07, 6.45) is 0. The van der Waals surface area contributed by atoms with Crippen molar-refractivity contribution in [3.05, 3.63) is 46.7 Å². The van der Waals surface area contributed by atoms with Gasteiger partial charge in [-0.05, 0) is 17.3 Å². The van der Waals surface area contributed by atoms with E-state index in [1.807, 2.05) is 0 Å². The Morgan fingerprint density at radius 3 is 2.40 bits per heavy atom. The van der Waals surface area contributed by atoms with Gasteiger partial charge >= 0.3 is 0 Å². The number of anilines is 1. The number of amides is 1. The normalized spacial score (nSPS) is 11.5. The lowest BCUT2D eigenvalue weighted by molar-refractivity contribution is -0.303. The fourth-order valence-electron chi connectivity index (χ4n) is 0.977. The summed E-state index contributed by atoms with van der Waals surface area (Å²) in [7, 11) is 0. The van der Waals surface area contributed by atoms with Crippen molar-refractivity contribution in [1.82, 2.24) is 0 Å². The lowest BCUT2D eigenvalue weighted by Crippen LogP contribution is -2.17. The molecule has 1 rings (SSSR count). The van der Waals surface area contributed by atoms with Gasteiger partial charge in [0, 0.05) is 5.69 Å². The summed E-state index contributed by atoms with van der Waals surface area (Å²) in [5, 5.41) is 15.6. The number of hydrogen-bond acceptors (Lipinski definition) is 4. The van der Waals surface area contributed by atoms with E-state index in [0.29, 0.717) is 5.69 Å². The van der Waals surface area contributed by atoms with Gasteiger partial charge < -0.3 is 10.4 Å². The van der Waals surface area contributed by atoms with Crippen LogP contribution in [-0.2, 0) is 4.79 Å². The summed E-state index contributed by atoms with van der Waals surface area (Å²) in [6.45, 7) is 1.11. The van der Waals surface area contributed by atoms with Crippen molar-refractivity contribution in [2.24, 2.45) is 5.18 Å². The number of nitrogens with zero attached hydrogens (tertiary/aromatic N) is 1. The molecule has 5 nitrogen and oxygen atoms in total. The third kappa shape index (κ3) is 2.91. The fourth-order valence-corrected chi connectivity index (χ4v) is 0.977. The second kappa shape index (κ2) is 4.90. The van der Waals surface area contributed by atoms with Gasteiger partial charge in [-0.15, -0.1) is 4.91 Å². The molecule has 0 unspecified atom stereocenters. The summed E-state index contributed by atoms with van der Waals surface area (Å²) in [4.78, 5) is 21.5. The molecule has 1 N–H and O–H groups in total. The highest BCUT2D eigenvalue weighted by molar-refractivity contribution is 6.03. The average molecular weight is 205 g/mol. The molecule has 15 heavy (non-hydrogen) atoms. The molecule has 1 amide bonds. The first-order valence-corrected chi connectivity index (χ1v) is 4.23. The van der Waals surface area contributed by atoms with Crippen LogP contribution in [0.4, 0.5) is 5.69 Å². The third-order valence-corrected chi connectivity index (χ3v) is 1.67. The van der Waals surface area contributed by atoms with Gasteiger partial charge in [-0.3, -0.25) is 4.79 Å². The van der Waals surface area contributed by atoms with E-state index >= 15 is 0 Å². The Balaban J connectivity index is 2.81. The SMILES string of the molecule is C/C([O-])=C(\N=O)C(=O)Nc1ccccc1. The predicted molar refractivity (Wildman–Crippen MR) is 53.6 cm³/mol. The fraction of sp³-hybridized carbons (Fsp3) is 0.100. The topological polar surface area (TPSA) is 81.6 Å². The van der Waals surface area contributed by atoms with E-state index in [9.17, 15) is 14.8 Å². The second-order valence-corrected chi connectivity index (χ2v) is 2.82. The average Bonchev–Trinajstić information content (AvgIpc) is 2.19. The maximum Gasteiger partial charge on any atom is 0.276 e. The van der Waals surface area contributed by atoms with E-state index < -0.39 is 17.4 Å². The lowest BCUT2D eigenvalue weighted by atomic mass is 10.3. The van der Waals surface area contributed by atoms with Crippen molar-refractivity contribution < 1.29 is 9.90 Å². The number of carbonyl (C=O) groups is 1. The molecule has 1 aromatic carbocycles. The molecular weight excluding hydrogens is 196 g/mol. The van der Waals surface area contributed by atoms with E-state index in [4.69, 9.17) is 0 Å². The monoisotopic (exact) mass is 205 g/mol. The van der Waals surface area contributed by atoms with Gasteiger partial charge in [0.1, 0.15) is 0 Å². The van der Waals surface area contributed by atoms with Crippen molar-refractivity contribution in [2.75, 3.05) is 5.32 Å². The van der Waals surface area contributed by atoms with Crippen LogP contribution in [0.2, 0.25) is 0 Å². The first kappa shape index (κ1) is 10.9. The van der Waals surface area contributed by atoms with Crippen LogP contribution < -0.4 is 10.4 Å². The minimum Gasteiger partial charge on any atom is -0.874 e. The quantitative estimate of drug-likeness (QED) is 0.453. The summed E-state index contributed by atoms with van der Waals surface area (Å²) in [6, 6.07) is 8.50. The maximum atomic E-state index is 11.3. The Bertz CT molecular complexity index is 394. The van der Waals surface area contributed by atoms with E-state index in [1.54, 1.807) is 30.3 Å². The van der Waals surface area contributed by atoms with Crippen molar-refractivity contribution in [1.29, 1.82) is 0 Å². The van der Waals surface area contributed by atoms with Gasteiger partial charge in [-0.1, -0.05) is 30.9 Å². The molecule has 0 saturated carbocycles. The van der Waals surface area contributed by atoms with Crippen LogP contribution >= 0.6 is 0 Å². The smallest absolute Gasteiger partial charge is 0.276 e.